The highest BCUT2D eigenvalue weighted by atomic mass is 32.1. The second-order valence-corrected chi connectivity index (χ2v) is 4.53. The molecule has 1 aromatic rings. The van der Waals surface area contributed by atoms with Crippen molar-refractivity contribution in [3.8, 4) is 0 Å². The van der Waals surface area contributed by atoms with Crippen LogP contribution in [0, 0.1) is 0 Å². The van der Waals surface area contributed by atoms with E-state index in [0.29, 0.717) is 11.0 Å². The Kier molecular flexibility index (Phi) is 5.35. The Morgan fingerprint density at radius 3 is 2.88 bits per heavy atom. The first-order chi connectivity index (χ1) is 7.63. The Hall–Kier alpha value is -1.00. The molecule has 0 spiro atoms. The maximum atomic E-state index is 5.59. The second kappa shape index (κ2) is 6.55. The van der Waals surface area contributed by atoms with E-state index in [4.69, 9.17) is 18.0 Å². The molecular weight excluding hydrogens is 218 g/mol. The molecule has 0 aliphatic heterocycles. The molecule has 0 saturated carbocycles. The maximum absolute atomic E-state index is 5.59. The standard InChI is InChI=1S/C12H19N3S/c1-3-11(7-12(13)16)15(2)9-10-5-4-6-14-8-10/h4-6,8,11H,3,7,9H2,1-2H3,(H2,13,16). The maximum Gasteiger partial charge on any atom is 0.0743 e. The van der Waals surface area contributed by atoms with Gasteiger partial charge in [-0.3, -0.25) is 9.88 Å². The molecule has 1 heterocycles. The first kappa shape index (κ1) is 13.1. The SMILES string of the molecule is CCC(CC(N)=S)N(C)Cc1cccnc1. The van der Waals surface area contributed by atoms with Crippen LogP contribution in [0.15, 0.2) is 24.5 Å². The van der Waals surface area contributed by atoms with Crippen LogP contribution in [0.2, 0.25) is 0 Å². The number of thiocarbonyl (C=S) groups is 1. The van der Waals surface area contributed by atoms with E-state index < -0.39 is 0 Å². The number of aromatic nitrogens is 1. The van der Waals surface area contributed by atoms with Gasteiger partial charge in [0.05, 0.1) is 4.99 Å². The minimum absolute atomic E-state index is 0.415. The summed E-state index contributed by atoms with van der Waals surface area (Å²) in [6, 6.07) is 4.45. The molecule has 0 saturated heterocycles. The van der Waals surface area contributed by atoms with Gasteiger partial charge in [0.1, 0.15) is 0 Å². The Morgan fingerprint density at radius 2 is 2.38 bits per heavy atom. The fourth-order valence-corrected chi connectivity index (χ4v) is 1.95. The average Bonchev–Trinajstić information content (AvgIpc) is 2.26. The number of nitrogens with zero attached hydrogens (tertiary/aromatic N) is 2. The number of rotatable bonds is 6. The fraction of sp³-hybridized carbons (Fsp3) is 0.500. The Labute approximate surface area is 103 Å². The highest BCUT2D eigenvalue weighted by Gasteiger charge is 2.13. The van der Waals surface area contributed by atoms with Gasteiger partial charge in [-0.1, -0.05) is 25.2 Å². The fourth-order valence-electron chi connectivity index (χ4n) is 1.75. The van der Waals surface area contributed by atoms with Gasteiger partial charge in [0.2, 0.25) is 0 Å². The Balaban J connectivity index is 2.55. The van der Waals surface area contributed by atoms with Gasteiger partial charge in [0.15, 0.2) is 0 Å². The third kappa shape index (κ3) is 4.24. The summed E-state index contributed by atoms with van der Waals surface area (Å²) in [4.78, 5) is 6.97. The molecule has 88 valence electrons. The van der Waals surface area contributed by atoms with Crippen molar-refractivity contribution in [1.82, 2.24) is 9.88 Å². The van der Waals surface area contributed by atoms with E-state index in [0.717, 1.165) is 19.4 Å². The summed E-state index contributed by atoms with van der Waals surface area (Å²) < 4.78 is 0. The molecule has 1 rings (SSSR count). The summed E-state index contributed by atoms with van der Waals surface area (Å²) >= 11 is 4.96. The van der Waals surface area contributed by atoms with Crippen molar-refractivity contribution in [2.75, 3.05) is 7.05 Å². The molecule has 0 bridgehead atoms. The highest BCUT2D eigenvalue weighted by Crippen LogP contribution is 2.10. The van der Waals surface area contributed by atoms with Crippen molar-refractivity contribution >= 4 is 17.2 Å². The molecule has 0 aliphatic carbocycles. The van der Waals surface area contributed by atoms with Crippen molar-refractivity contribution in [2.24, 2.45) is 5.73 Å². The van der Waals surface area contributed by atoms with Crippen molar-refractivity contribution in [2.45, 2.75) is 32.4 Å². The van der Waals surface area contributed by atoms with E-state index >= 15 is 0 Å². The average molecular weight is 237 g/mol. The molecule has 1 aromatic heterocycles. The van der Waals surface area contributed by atoms with E-state index in [2.05, 4.69) is 29.9 Å². The third-order valence-electron chi connectivity index (χ3n) is 2.69. The zero-order chi connectivity index (χ0) is 12.0. The quantitative estimate of drug-likeness (QED) is 0.768. The van der Waals surface area contributed by atoms with Crippen LogP contribution in [-0.2, 0) is 6.54 Å². The number of pyridine rings is 1. The summed E-state index contributed by atoms with van der Waals surface area (Å²) in [7, 11) is 2.10. The van der Waals surface area contributed by atoms with Crippen molar-refractivity contribution < 1.29 is 0 Å². The molecule has 4 heteroatoms. The number of hydrogen-bond donors (Lipinski definition) is 1. The van der Waals surface area contributed by atoms with E-state index in [-0.39, 0.29) is 0 Å². The molecule has 0 aliphatic rings. The first-order valence-electron chi connectivity index (χ1n) is 5.51. The number of nitrogens with two attached hydrogens (primary N) is 1. The van der Waals surface area contributed by atoms with Crippen LogP contribution in [-0.4, -0.2) is 28.0 Å². The topological polar surface area (TPSA) is 42.1 Å². The molecule has 3 nitrogen and oxygen atoms in total. The van der Waals surface area contributed by atoms with Crippen LogP contribution >= 0.6 is 12.2 Å². The molecule has 0 aromatic carbocycles. The van der Waals surface area contributed by atoms with Crippen LogP contribution in [0.1, 0.15) is 25.3 Å². The molecular formula is C12H19N3S. The van der Waals surface area contributed by atoms with Gasteiger partial charge in [-0.15, -0.1) is 0 Å². The minimum Gasteiger partial charge on any atom is -0.393 e. The van der Waals surface area contributed by atoms with Gasteiger partial charge >= 0.3 is 0 Å². The molecule has 0 radical (unpaired) electrons. The lowest BCUT2D eigenvalue weighted by molar-refractivity contribution is 0.233. The predicted molar refractivity (Wildman–Crippen MR) is 71.2 cm³/mol. The third-order valence-corrected chi connectivity index (χ3v) is 2.85. The van der Waals surface area contributed by atoms with E-state index in [1.807, 2.05) is 12.3 Å². The highest BCUT2D eigenvalue weighted by molar-refractivity contribution is 7.80. The normalized spacial score (nSPS) is 12.7. The second-order valence-electron chi connectivity index (χ2n) is 4.01. The zero-order valence-electron chi connectivity index (χ0n) is 9.89. The molecule has 1 atom stereocenters. The minimum atomic E-state index is 0.415. The summed E-state index contributed by atoms with van der Waals surface area (Å²) in [6.45, 7) is 3.04. The lowest BCUT2D eigenvalue weighted by Crippen LogP contribution is -2.34. The first-order valence-corrected chi connectivity index (χ1v) is 5.91. The van der Waals surface area contributed by atoms with Crippen LogP contribution in [0.5, 0.6) is 0 Å². The van der Waals surface area contributed by atoms with Crippen molar-refractivity contribution in [1.29, 1.82) is 0 Å². The van der Waals surface area contributed by atoms with Crippen molar-refractivity contribution in [3.05, 3.63) is 30.1 Å². The lowest BCUT2D eigenvalue weighted by Gasteiger charge is -2.26. The van der Waals surface area contributed by atoms with Crippen LogP contribution in [0.3, 0.4) is 0 Å². The van der Waals surface area contributed by atoms with Crippen LogP contribution in [0.4, 0.5) is 0 Å². The molecule has 0 fully saturated rings. The summed E-state index contributed by atoms with van der Waals surface area (Å²) in [6.07, 6.45) is 5.51. The predicted octanol–water partition coefficient (Wildman–Crippen LogP) is 1.97. The molecule has 16 heavy (non-hydrogen) atoms. The molecule has 2 N–H and O–H groups in total. The summed E-state index contributed by atoms with van der Waals surface area (Å²) in [5, 5.41) is 0. The van der Waals surface area contributed by atoms with Gasteiger partial charge < -0.3 is 5.73 Å². The number of hydrogen-bond acceptors (Lipinski definition) is 3. The lowest BCUT2D eigenvalue weighted by atomic mass is 10.1. The van der Waals surface area contributed by atoms with E-state index in [9.17, 15) is 0 Å². The van der Waals surface area contributed by atoms with E-state index in [1.54, 1.807) is 6.20 Å². The van der Waals surface area contributed by atoms with Gasteiger partial charge in [0, 0.05) is 31.4 Å². The largest absolute Gasteiger partial charge is 0.393 e. The van der Waals surface area contributed by atoms with Gasteiger partial charge in [-0.05, 0) is 25.1 Å². The van der Waals surface area contributed by atoms with Crippen molar-refractivity contribution in [3.63, 3.8) is 0 Å². The molecule has 0 amide bonds. The van der Waals surface area contributed by atoms with Gasteiger partial charge in [-0.25, -0.2) is 0 Å². The monoisotopic (exact) mass is 237 g/mol. The van der Waals surface area contributed by atoms with Gasteiger partial charge in [-0.2, -0.15) is 0 Å². The Morgan fingerprint density at radius 1 is 1.62 bits per heavy atom. The van der Waals surface area contributed by atoms with Crippen LogP contribution < -0.4 is 5.73 Å². The van der Waals surface area contributed by atoms with Crippen LogP contribution in [0.25, 0.3) is 0 Å². The Bertz CT molecular complexity index is 326. The van der Waals surface area contributed by atoms with E-state index in [1.165, 1.54) is 5.56 Å². The summed E-state index contributed by atoms with van der Waals surface area (Å²) in [5.41, 5.74) is 6.81. The zero-order valence-corrected chi connectivity index (χ0v) is 10.7. The summed E-state index contributed by atoms with van der Waals surface area (Å²) in [5.74, 6) is 0. The van der Waals surface area contributed by atoms with Gasteiger partial charge in [0.25, 0.3) is 0 Å². The smallest absolute Gasteiger partial charge is 0.0743 e. The molecule has 1 unspecified atom stereocenters.